The first-order valence-electron chi connectivity index (χ1n) is 6.10. The Morgan fingerprint density at radius 3 is 2.53 bits per heavy atom. The fourth-order valence-electron chi connectivity index (χ4n) is 2.27. The molecule has 0 heterocycles. The molecule has 1 aliphatic rings. The number of hydrogen-bond donors (Lipinski definition) is 1. The van der Waals surface area contributed by atoms with Crippen LogP contribution in [0.1, 0.15) is 32.6 Å². The normalized spacial score (nSPS) is 28.0. The second-order valence-electron chi connectivity index (χ2n) is 4.43. The van der Waals surface area contributed by atoms with E-state index in [4.69, 9.17) is 0 Å². The van der Waals surface area contributed by atoms with E-state index in [2.05, 4.69) is 5.32 Å². The summed E-state index contributed by atoms with van der Waals surface area (Å²) in [4.78, 5) is 0. The first-order chi connectivity index (χ1) is 7.95. The molecule has 1 N–H and O–H groups in total. The zero-order valence-electron chi connectivity index (χ0n) is 10.1. The van der Waals surface area contributed by atoms with E-state index in [0.29, 0.717) is 30.9 Å². The van der Waals surface area contributed by atoms with Crippen LogP contribution in [-0.2, 0) is 10.8 Å². The van der Waals surface area contributed by atoms with Gasteiger partial charge in [0.2, 0.25) is 0 Å². The predicted octanol–water partition coefficient (Wildman–Crippen LogP) is 2.47. The molecule has 0 aromatic rings. The second-order valence-corrected chi connectivity index (χ2v) is 6.29. The number of rotatable bonds is 5. The summed E-state index contributed by atoms with van der Waals surface area (Å²) < 4.78 is 49.4. The number of hydrogen-bond acceptors (Lipinski definition) is 2. The van der Waals surface area contributed by atoms with E-state index in [1.807, 2.05) is 6.92 Å². The van der Waals surface area contributed by atoms with E-state index >= 15 is 0 Å². The Bertz CT molecular complexity index is 258. The van der Waals surface area contributed by atoms with E-state index in [1.54, 1.807) is 0 Å². The zero-order valence-corrected chi connectivity index (χ0v) is 10.9. The largest absolute Gasteiger partial charge is 0.393 e. The van der Waals surface area contributed by atoms with Crippen LogP contribution in [0.3, 0.4) is 0 Å². The molecule has 0 aliphatic heterocycles. The fraction of sp³-hybridized carbons (Fsp3) is 1.00. The maximum absolute atomic E-state index is 12.7. The van der Waals surface area contributed by atoms with Crippen LogP contribution in [0.2, 0.25) is 0 Å². The van der Waals surface area contributed by atoms with Crippen LogP contribution in [0.5, 0.6) is 0 Å². The molecule has 1 aliphatic carbocycles. The molecule has 0 aromatic heterocycles. The molecule has 3 unspecified atom stereocenters. The van der Waals surface area contributed by atoms with Crippen molar-refractivity contribution in [2.45, 2.75) is 44.8 Å². The molecule has 0 amide bonds. The van der Waals surface area contributed by atoms with Gasteiger partial charge in [0.05, 0.1) is 5.92 Å². The van der Waals surface area contributed by atoms with Gasteiger partial charge in [-0.25, -0.2) is 0 Å². The predicted molar refractivity (Wildman–Crippen MR) is 63.4 cm³/mol. The Morgan fingerprint density at radius 2 is 1.94 bits per heavy atom. The molecule has 2 nitrogen and oxygen atoms in total. The van der Waals surface area contributed by atoms with Crippen molar-refractivity contribution in [3.8, 4) is 0 Å². The van der Waals surface area contributed by atoms with E-state index in [0.717, 1.165) is 6.42 Å². The molecule has 6 heteroatoms. The quantitative estimate of drug-likeness (QED) is 0.832. The van der Waals surface area contributed by atoms with Crippen molar-refractivity contribution in [3.63, 3.8) is 0 Å². The average Bonchev–Trinajstić information content (AvgIpc) is 2.28. The van der Waals surface area contributed by atoms with Crippen LogP contribution in [-0.4, -0.2) is 34.5 Å². The number of nitrogens with one attached hydrogen (secondary N) is 1. The van der Waals surface area contributed by atoms with Gasteiger partial charge < -0.3 is 5.32 Å². The summed E-state index contributed by atoms with van der Waals surface area (Å²) in [6.07, 6.45) is -1.81. The van der Waals surface area contributed by atoms with Crippen molar-refractivity contribution in [1.29, 1.82) is 0 Å². The summed E-state index contributed by atoms with van der Waals surface area (Å²) in [6, 6.07) is -0.488. The SMILES string of the molecule is CCS(=O)CCNC1CCCCC1C(F)(F)F. The molecule has 102 valence electrons. The third kappa shape index (κ3) is 4.95. The summed E-state index contributed by atoms with van der Waals surface area (Å²) in [7, 11) is -0.907. The molecule has 0 spiro atoms. The molecule has 3 atom stereocenters. The molecular weight excluding hydrogens is 251 g/mol. The lowest BCUT2D eigenvalue weighted by atomic mass is 9.84. The minimum absolute atomic E-state index is 0.220. The van der Waals surface area contributed by atoms with Crippen LogP contribution in [0.25, 0.3) is 0 Å². The maximum atomic E-state index is 12.7. The van der Waals surface area contributed by atoms with Gasteiger partial charge in [-0.2, -0.15) is 13.2 Å². The van der Waals surface area contributed by atoms with Crippen LogP contribution in [0.15, 0.2) is 0 Å². The first kappa shape index (κ1) is 15.0. The third-order valence-corrected chi connectivity index (χ3v) is 4.55. The van der Waals surface area contributed by atoms with Crippen LogP contribution >= 0.6 is 0 Å². The number of alkyl halides is 3. The first-order valence-corrected chi connectivity index (χ1v) is 7.59. The number of halogens is 3. The average molecular weight is 271 g/mol. The van der Waals surface area contributed by atoms with Crippen molar-refractivity contribution in [2.24, 2.45) is 5.92 Å². The van der Waals surface area contributed by atoms with Crippen molar-refractivity contribution in [1.82, 2.24) is 5.32 Å². The fourth-order valence-corrected chi connectivity index (χ4v) is 2.90. The standard InChI is InChI=1S/C11H20F3NOS/c1-2-17(16)8-7-15-10-6-4-3-5-9(10)11(12,13)14/h9-10,15H,2-8H2,1H3. The van der Waals surface area contributed by atoms with Gasteiger partial charge in [-0.05, 0) is 12.8 Å². The van der Waals surface area contributed by atoms with Crippen molar-refractivity contribution in [3.05, 3.63) is 0 Å². The minimum atomic E-state index is -4.11. The van der Waals surface area contributed by atoms with E-state index < -0.39 is 28.9 Å². The third-order valence-electron chi connectivity index (χ3n) is 3.24. The van der Waals surface area contributed by atoms with Crippen molar-refractivity contribution in [2.75, 3.05) is 18.1 Å². The van der Waals surface area contributed by atoms with Crippen LogP contribution < -0.4 is 5.32 Å². The van der Waals surface area contributed by atoms with Gasteiger partial charge >= 0.3 is 6.18 Å². The Labute approximate surface area is 103 Å². The summed E-state index contributed by atoms with van der Waals surface area (Å²) in [6.45, 7) is 2.23. The molecule has 0 bridgehead atoms. The molecule has 1 fully saturated rings. The Morgan fingerprint density at radius 1 is 1.29 bits per heavy atom. The summed E-state index contributed by atoms with van der Waals surface area (Å²) in [5, 5.41) is 2.93. The lowest BCUT2D eigenvalue weighted by molar-refractivity contribution is -0.188. The lowest BCUT2D eigenvalue weighted by Gasteiger charge is -2.33. The van der Waals surface area contributed by atoms with E-state index in [1.165, 1.54) is 0 Å². The van der Waals surface area contributed by atoms with Gasteiger partial charge in [0.15, 0.2) is 0 Å². The Hall–Kier alpha value is -0.100. The highest BCUT2D eigenvalue weighted by molar-refractivity contribution is 7.84. The zero-order chi connectivity index (χ0) is 12.9. The van der Waals surface area contributed by atoms with Gasteiger partial charge in [-0.15, -0.1) is 0 Å². The van der Waals surface area contributed by atoms with E-state index in [-0.39, 0.29) is 6.42 Å². The summed E-state index contributed by atoms with van der Waals surface area (Å²) in [5.41, 5.74) is 0. The van der Waals surface area contributed by atoms with Crippen molar-refractivity contribution < 1.29 is 17.4 Å². The highest BCUT2D eigenvalue weighted by Gasteiger charge is 2.45. The Balaban J connectivity index is 2.41. The monoisotopic (exact) mass is 271 g/mol. The molecule has 0 aromatic carbocycles. The lowest BCUT2D eigenvalue weighted by Crippen LogP contribution is -2.46. The maximum Gasteiger partial charge on any atom is 0.393 e. The molecule has 0 saturated heterocycles. The van der Waals surface area contributed by atoms with Gasteiger partial charge in [-0.3, -0.25) is 4.21 Å². The topological polar surface area (TPSA) is 29.1 Å². The van der Waals surface area contributed by atoms with Crippen molar-refractivity contribution >= 4 is 10.8 Å². The van der Waals surface area contributed by atoms with Crippen LogP contribution in [0.4, 0.5) is 13.2 Å². The molecular formula is C11H20F3NOS. The van der Waals surface area contributed by atoms with Gasteiger partial charge in [0, 0.05) is 34.9 Å². The molecule has 1 rings (SSSR count). The Kier molecular flexibility index (Phi) is 5.92. The summed E-state index contributed by atoms with van der Waals surface area (Å²) >= 11 is 0. The highest BCUT2D eigenvalue weighted by Crippen LogP contribution is 2.37. The van der Waals surface area contributed by atoms with Crippen LogP contribution in [0, 0.1) is 5.92 Å². The van der Waals surface area contributed by atoms with E-state index in [9.17, 15) is 17.4 Å². The smallest absolute Gasteiger partial charge is 0.312 e. The summed E-state index contributed by atoms with van der Waals surface area (Å²) in [5.74, 6) is -0.224. The second kappa shape index (κ2) is 6.73. The van der Waals surface area contributed by atoms with Gasteiger partial charge in [0.25, 0.3) is 0 Å². The molecule has 1 saturated carbocycles. The van der Waals surface area contributed by atoms with Gasteiger partial charge in [0.1, 0.15) is 0 Å². The van der Waals surface area contributed by atoms with Gasteiger partial charge in [-0.1, -0.05) is 19.8 Å². The highest BCUT2D eigenvalue weighted by atomic mass is 32.2. The molecule has 0 radical (unpaired) electrons. The molecule has 17 heavy (non-hydrogen) atoms. The minimum Gasteiger partial charge on any atom is -0.312 e.